The first-order chi connectivity index (χ1) is 12.3. The number of rotatable bonds is 5. The second kappa shape index (κ2) is 7.27. The van der Waals surface area contributed by atoms with Crippen molar-refractivity contribution >= 4 is 32.4 Å². The van der Waals surface area contributed by atoms with E-state index in [0.717, 1.165) is 16.3 Å². The van der Waals surface area contributed by atoms with E-state index in [-0.39, 0.29) is 4.90 Å². The first-order valence-electron chi connectivity index (χ1n) is 8.24. The quantitative estimate of drug-likeness (QED) is 0.724. The van der Waals surface area contributed by atoms with Crippen LogP contribution in [0.2, 0.25) is 0 Å². The van der Waals surface area contributed by atoms with Crippen molar-refractivity contribution in [1.82, 2.24) is 4.72 Å². The molecular formula is C20H20N2O3S. The molecule has 0 aromatic heterocycles. The van der Waals surface area contributed by atoms with Crippen molar-refractivity contribution < 1.29 is 13.2 Å². The van der Waals surface area contributed by atoms with Gasteiger partial charge in [0.25, 0.3) is 0 Å². The lowest BCUT2D eigenvalue weighted by Gasteiger charge is -2.15. The summed E-state index contributed by atoms with van der Waals surface area (Å²) >= 11 is 0. The predicted molar refractivity (Wildman–Crippen MR) is 104 cm³/mol. The standard InChI is InChI=1S/C20H20N2O3S/c1-14-7-10-18(11-8-14)21-20(23)15(2)22-26(24,25)19-12-9-16-5-3-4-6-17(16)13-19/h3-13,15,22H,1-2H3,(H,21,23)/t15-/m0/s1. The predicted octanol–water partition coefficient (Wildman–Crippen LogP) is 3.45. The molecule has 6 heteroatoms. The van der Waals surface area contributed by atoms with E-state index in [0.29, 0.717) is 5.69 Å². The highest BCUT2D eigenvalue weighted by Crippen LogP contribution is 2.19. The Kier molecular flexibility index (Phi) is 5.06. The molecule has 0 spiro atoms. The topological polar surface area (TPSA) is 75.3 Å². The number of hydrogen-bond donors (Lipinski definition) is 2. The zero-order chi connectivity index (χ0) is 18.7. The lowest BCUT2D eigenvalue weighted by atomic mass is 10.1. The molecule has 3 rings (SSSR count). The minimum absolute atomic E-state index is 0.131. The number of carbonyl (C=O) groups excluding carboxylic acids is 1. The van der Waals surface area contributed by atoms with Crippen LogP contribution >= 0.6 is 0 Å². The van der Waals surface area contributed by atoms with Crippen LogP contribution in [-0.2, 0) is 14.8 Å². The molecule has 0 radical (unpaired) electrons. The number of anilines is 1. The van der Waals surface area contributed by atoms with E-state index in [1.165, 1.54) is 13.0 Å². The van der Waals surface area contributed by atoms with Gasteiger partial charge in [-0.25, -0.2) is 8.42 Å². The zero-order valence-electron chi connectivity index (χ0n) is 14.6. The van der Waals surface area contributed by atoms with Crippen molar-refractivity contribution in [3.05, 3.63) is 72.3 Å². The summed E-state index contributed by atoms with van der Waals surface area (Å²) < 4.78 is 27.6. The molecule has 0 saturated carbocycles. The highest BCUT2D eigenvalue weighted by atomic mass is 32.2. The summed E-state index contributed by atoms with van der Waals surface area (Å²) in [4.78, 5) is 12.4. The van der Waals surface area contributed by atoms with Crippen molar-refractivity contribution in [1.29, 1.82) is 0 Å². The van der Waals surface area contributed by atoms with E-state index in [9.17, 15) is 13.2 Å². The summed E-state index contributed by atoms with van der Waals surface area (Å²) in [6.45, 7) is 3.47. The third-order valence-corrected chi connectivity index (χ3v) is 5.61. The van der Waals surface area contributed by atoms with E-state index >= 15 is 0 Å². The Hall–Kier alpha value is -2.70. The molecule has 1 atom stereocenters. The van der Waals surface area contributed by atoms with Gasteiger partial charge in [0.05, 0.1) is 10.9 Å². The van der Waals surface area contributed by atoms with Gasteiger partial charge in [0.2, 0.25) is 15.9 Å². The molecular weight excluding hydrogens is 348 g/mol. The summed E-state index contributed by atoms with van der Waals surface area (Å²) in [7, 11) is -3.81. The van der Waals surface area contributed by atoms with Gasteiger partial charge in [-0.05, 0) is 48.9 Å². The molecule has 0 aliphatic carbocycles. The van der Waals surface area contributed by atoms with Crippen molar-refractivity contribution in [3.63, 3.8) is 0 Å². The largest absolute Gasteiger partial charge is 0.325 e. The van der Waals surface area contributed by atoms with Gasteiger partial charge in [-0.3, -0.25) is 4.79 Å². The maximum absolute atomic E-state index is 12.6. The molecule has 0 saturated heterocycles. The van der Waals surface area contributed by atoms with Crippen LogP contribution in [0.4, 0.5) is 5.69 Å². The normalized spacial score (nSPS) is 12.7. The van der Waals surface area contributed by atoms with Gasteiger partial charge in [0.1, 0.15) is 0 Å². The number of aryl methyl sites for hydroxylation is 1. The van der Waals surface area contributed by atoms with Crippen molar-refractivity contribution in [2.75, 3.05) is 5.32 Å². The second-order valence-corrected chi connectivity index (χ2v) is 7.92. The lowest BCUT2D eigenvalue weighted by molar-refractivity contribution is -0.117. The molecule has 0 fully saturated rings. The van der Waals surface area contributed by atoms with Gasteiger partial charge in [-0.1, -0.05) is 48.0 Å². The van der Waals surface area contributed by atoms with Crippen LogP contribution in [0.25, 0.3) is 10.8 Å². The maximum atomic E-state index is 12.6. The number of carbonyl (C=O) groups is 1. The van der Waals surface area contributed by atoms with Crippen LogP contribution in [0.1, 0.15) is 12.5 Å². The average molecular weight is 368 g/mol. The molecule has 3 aromatic carbocycles. The number of hydrogen-bond acceptors (Lipinski definition) is 3. The number of amides is 1. The van der Waals surface area contributed by atoms with Gasteiger partial charge in [-0.2, -0.15) is 4.72 Å². The summed E-state index contributed by atoms with van der Waals surface area (Å²) in [5, 5.41) is 4.49. The summed E-state index contributed by atoms with van der Waals surface area (Å²) in [6.07, 6.45) is 0. The monoisotopic (exact) mass is 368 g/mol. The third-order valence-electron chi connectivity index (χ3n) is 4.08. The fourth-order valence-electron chi connectivity index (χ4n) is 2.58. The fourth-order valence-corrected chi connectivity index (χ4v) is 3.81. The Morgan fingerprint density at radius 2 is 1.58 bits per heavy atom. The third kappa shape index (κ3) is 4.09. The molecule has 26 heavy (non-hydrogen) atoms. The van der Waals surface area contributed by atoms with E-state index in [1.54, 1.807) is 24.3 Å². The van der Waals surface area contributed by atoms with Crippen molar-refractivity contribution in [2.24, 2.45) is 0 Å². The Bertz CT molecular complexity index is 1040. The van der Waals surface area contributed by atoms with Crippen LogP contribution in [0.15, 0.2) is 71.6 Å². The zero-order valence-corrected chi connectivity index (χ0v) is 15.4. The van der Waals surface area contributed by atoms with Crippen molar-refractivity contribution in [3.8, 4) is 0 Å². The number of benzene rings is 3. The van der Waals surface area contributed by atoms with Crippen LogP contribution < -0.4 is 10.0 Å². The molecule has 0 aliphatic rings. The summed E-state index contributed by atoms with van der Waals surface area (Å²) in [6, 6.07) is 18.8. The number of sulfonamides is 1. The lowest BCUT2D eigenvalue weighted by Crippen LogP contribution is -2.41. The molecule has 0 unspecified atom stereocenters. The van der Waals surface area contributed by atoms with E-state index in [1.807, 2.05) is 43.3 Å². The van der Waals surface area contributed by atoms with Crippen LogP contribution in [0.3, 0.4) is 0 Å². The van der Waals surface area contributed by atoms with Crippen LogP contribution in [-0.4, -0.2) is 20.4 Å². The van der Waals surface area contributed by atoms with E-state index in [4.69, 9.17) is 0 Å². The SMILES string of the molecule is Cc1ccc(NC(=O)[C@H](C)NS(=O)(=O)c2ccc3ccccc3c2)cc1. The van der Waals surface area contributed by atoms with Gasteiger partial charge >= 0.3 is 0 Å². The van der Waals surface area contributed by atoms with E-state index in [2.05, 4.69) is 10.0 Å². The van der Waals surface area contributed by atoms with Gasteiger partial charge < -0.3 is 5.32 Å². The van der Waals surface area contributed by atoms with Crippen LogP contribution in [0, 0.1) is 6.92 Å². The van der Waals surface area contributed by atoms with Crippen LogP contribution in [0.5, 0.6) is 0 Å². The maximum Gasteiger partial charge on any atom is 0.242 e. The summed E-state index contributed by atoms with van der Waals surface area (Å²) in [5.74, 6) is -0.418. The van der Waals surface area contributed by atoms with Gasteiger partial charge in [0, 0.05) is 5.69 Å². The average Bonchev–Trinajstić information content (AvgIpc) is 2.62. The van der Waals surface area contributed by atoms with E-state index < -0.39 is 22.0 Å². The fraction of sp³-hybridized carbons (Fsp3) is 0.150. The highest BCUT2D eigenvalue weighted by molar-refractivity contribution is 7.89. The molecule has 3 aromatic rings. The smallest absolute Gasteiger partial charge is 0.242 e. The highest BCUT2D eigenvalue weighted by Gasteiger charge is 2.22. The Balaban J connectivity index is 1.74. The molecule has 5 nitrogen and oxygen atoms in total. The minimum atomic E-state index is -3.81. The molecule has 1 amide bonds. The Morgan fingerprint density at radius 3 is 2.27 bits per heavy atom. The first-order valence-corrected chi connectivity index (χ1v) is 9.72. The Morgan fingerprint density at radius 1 is 0.923 bits per heavy atom. The van der Waals surface area contributed by atoms with Gasteiger partial charge in [0.15, 0.2) is 0 Å². The Labute approximate surface area is 153 Å². The second-order valence-electron chi connectivity index (χ2n) is 6.21. The van der Waals surface area contributed by atoms with Gasteiger partial charge in [-0.15, -0.1) is 0 Å². The van der Waals surface area contributed by atoms with Crippen molar-refractivity contribution in [2.45, 2.75) is 24.8 Å². The summed E-state index contributed by atoms with van der Waals surface area (Å²) in [5.41, 5.74) is 1.70. The molecule has 0 aliphatic heterocycles. The molecule has 0 heterocycles. The first kappa shape index (κ1) is 18.1. The number of nitrogens with one attached hydrogen (secondary N) is 2. The molecule has 2 N–H and O–H groups in total. The minimum Gasteiger partial charge on any atom is -0.325 e. The molecule has 134 valence electrons. The molecule has 0 bridgehead atoms. The number of fused-ring (bicyclic) bond motifs is 1.